The van der Waals surface area contributed by atoms with Gasteiger partial charge in [-0.05, 0) is 148 Å². The lowest BCUT2D eigenvalue weighted by Crippen LogP contribution is -2.33. The van der Waals surface area contributed by atoms with Gasteiger partial charge in [-0.1, -0.05) is 133 Å². The normalized spacial score (nSPS) is 16.3. The number of benzene rings is 6. The van der Waals surface area contributed by atoms with Crippen molar-refractivity contribution in [2.75, 3.05) is 26.2 Å². The minimum atomic E-state index is -4.29. The van der Waals surface area contributed by atoms with Crippen molar-refractivity contribution in [1.82, 2.24) is 17.7 Å². The molecule has 2 fully saturated rings. The Bertz CT molecular complexity index is 3230. The highest BCUT2D eigenvalue weighted by Crippen LogP contribution is 2.39. The maximum absolute atomic E-state index is 16.5. The third-order valence-corrected chi connectivity index (χ3v) is 17.5. The Hall–Kier alpha value is -6.63. The number of nitrogens with zero attached hydrogens (tertiary/aromatic N) is 4. The van der Waals surface area contributed by atoms with Crippen molar-refractivity contribution in [2.24, 2.45) is 11.8 Å². The molecule has 356 valence electrons. The van der Waals surface area contributed by atoms with Gasteiger partial charge in [-0.2, -0.15) is 0 Å². The monoisotopic (exact) mass is 966 g/mol. The molecule has 6 aromatic carbocycles. The Kier molecular flexibility index (Phi) is 13.4. The number of allylic oxidation sites excluding steroid dienone is 4. The van der Waals surface area contributed by atoms with E-state index in [4.69, 9.17) is 0 Å². The molecule has 2 aliphatic rings. The van der Waals surface area contributed by atoms with Crippen LogP contribution < -0.4 is 0 Å². The number of rotatable bonds is 14. The molecule has 2 saturated heterocycles. The first-order valence-electron chi connectivity index (χ1n) is 24.3. The van der Waals surface area contributed by atoms with Crippen LogP contribution in [0.25, 0.3) is 33.0 Å². The summed E-state index contributed by atoms with van der Waals surface area (Å²) in [5.74, 6) is -0.586. The second-order valence-electron chi connectivity index (χ2n) is 19.0. The van der Waals surface area contributed by atoms with E-state index in [2.05, 4.69) is 58.3 Å². The molecule has 0 aliphatic carbocycles. The average molecular weight is 967 g/mol. The lowest BCUT2D eigenvalue weighted by atomic mass is 9.87. The molecule has 11 heteroatoms. The summed E-state index contributed by atoms with van der Waals surface area (Å²) in [4.78, 5) is 21.6. The largest absolute Gasteiger partial charge is 0.299 e. The Morgan fingerprint density at radius 1 is 0.471 bits per heavy atom. The predicted octanol–water partition coefficient (Wildman–Crippen LogP) is 11.5. The van der Waals surface area contributed by atoms with E-state index in [0.29, 0.717) is 21.8 Å². The summed E-state index contributed by atoms with van der Waals surface area (Å²) in [6, 6.07) is 52.6. The first kappa shape index (κ1) is 47.1. The SMILES string of the molecule is Cc1ccc2cc(/C(=C/C3CCN(Cc4ccccc4)CC3)C(=O)/C(=C\C3CCN(Cc4ccccc4)CC3)c3cc4ccc(C)cc4n3S(=O)(=O)c3ccccc3)n(S(=O)(=O)c3ccccc3)c2c1. The summed E-state index contributed by atoms with van der Waals surface area (Å²) >= 11 is 0. The van der Waals surface area contributed by atoms with Crippen LogP contribution in [0.3, 0.4) is 0 Å². The first-order valence-corrected chi connectivity index (χ1v) is 27.2. The van der Waals surface area contributed by atoms with Crippen molar-refractivity contribution in [1.29, 1.82) is 0 Å². The number of hydrogen-bond acceptors (Lipinski definition) is 7. The second kappa shape index (κ2) is 20.0. The Labute approximate surface area is 412 Å². The molecule has 10 rings (SSSR count). The maximum atomic E-state index is 16.5. The van der Waals surface area contributed by atoms with E-state index in [0.717, 1.165) is 76.1 Å². The van der Waals surface area contributed by atoms with E-state index in [1.807, 2.05) is 86.7 Å². The van der Waals surface area contributed by atoms with Gasteiger partial charge in [0.1, 0.15) is 0 Å². The highest BCUT2D eigenvalue weighted by atomic mass is 32.2. The molecule has 0 amide bonds. The van der Waals surface area contributed by atoms with Crippen molar-refractivity contribution in [3.05, 3.63) is 216 Å². The molecule has 0 atom stereocenters. The fourth-order valence-corrected chi connectivity index (χ4v) is 13.4. The van der Waals surface area contributed by atoms with Crippen molar-refractivity contribution in [3.8, 4) is 0 Å². The zero-order chi connectivity index (χ0) is 48.4. The van der Waals surface area contributed by atoms with E-state index in [-0.39, 0.29) is 44.2 Å². The second-order valence-corrected chi connectivity index (χ2v) is 22.6. The van der Waals surface area contributed by atoms with Crippen molar-refractivity contribution in [3.63, 3.8) is 0 Å². The molecular formula is C59H58N4O5S2. The lowest BCUT2D eigenvalue weighted by molar-refractivity contribution is -0.108. The zero-order valence-corrected chi connectivity index (χ0v) is 41.3. The van der Waals surface area contributed by atoms with E-state index in [9.17, 15) is 0 Å². The summed E-state index contributed by atoms with van der Waals surface area (Å²) in [5, 5.41) is 1.34. The van der Waals surface area contributed by atoms with E-state index in [1.165, 1.54) is 19.1 Å². The summed E-state index contributed by atoms with van der Waals surface area (Å²) in [7, 11) is -8.57. The number of ketones is 1. The molecule has 70 heavy (non-hydrogen) atoms. The maximum Gasteiger partial charge on any atom is 0.268 e. The fourth-order valence-electron chi connectivity index (χ4n) is 10.3. The fraction of sp³-hybridized carbons (Fsp3) is 0.237. The van der Waals surface area contributed by atoms with Crippen LogP contribution in [0.5, 0.6) is 0 Å². The summed E-state index contributed by atoms with van der Waals surface area (Å²) < 4.78 is 63.5. The Balaban J connectivity index is 1.16. The van der Waals surface area contributed by atoms with Gasteiger partial charge in [-0.15, -0.1) is 0 Å². The number of hydrogen-bond donors (Lipinski definition) is 0. The molecule has 0 unspecified atom stereocenters. The minimum absolute atomic E-state index is 0.0809. The predicted molar refractivity (Wildman–Crippen MR) is 281 cm³/mol. The van der Waals surface area contributed by atoms with Gasteiger partial charge in [-0.3, -0.25) is 14.6 Å². The highest BCUT2D eigenvalue weighted by molar-refractivity contribution is 7.90. The van der Waals surface area contributed by atoms with Crippen LogP contribution in [0.15, 0.2) is 192 Å². The molecule has 4 heterocycles. The van der Waals surface area contributed by atoms with Crippen LogP contribution in [0.1, 0.15) is 59.3 Å². The third kappa shape index (κ3) is 9.76. The third-order valence-electron chi connectivity index (χ3n) is 14.0. The van der Waals surface area contributed by atoms with Gasteiger partial charge < -0.3 is 0 Å². The van der Waals surface area contributed by atoms with Crippen LogP contribution in [0, 0.1) is 25.7 Å². The quantitative estimate of drug-likeness (QED) is 0.100. The molecule has 8 aromatic rings. The van der Waals surface area contributed by atoms with Crippen LogP contribution in [-0.4, -0.2) is 66.5 Å². The number of carbonyl (C=O) groups is 1. The standard InChI is InChI=1S/C59H58N4O5S2/c1-43-23-25-49-39-57(62(55(49)35-43)69(65,66)51-19-11-5-12-20-51)53(37-45-27-31-60(32-28-45)41-47-15-7-3-8-16-47)59(64)54(38-46-29-33-61(34-30-46)42-48-17-9-4-10-18-48)58-40-50-26-24-44(2)36-56(50)63(58)70(67,68)52-21-13-6-14-22-52/h3-26,35-40,45-46H,27-34,41-42H2,1-2H3/b53-37-,54-38-. The Morgan fingerprint density at radius 2 is 0.814 bits per heavy atom. The van der Waals surface area contributed by atoms with E-state index >= 15 is 21.6 Å². The van der Waals surface area contributed by atoms with Crippen molar-refractivity contribution < 1.29 is 21.6 Å². The molecule has 0 N–H and O–H groups in total. The zero-order valence-electron chi connectivity index (χ0n) is 39.7. The van der Waals surface area contributed by atoms with Gasteiger partial charge >= 0.3 is 0 Å². The molecule has 2 aromatic heterocycles. The molecule has 0 radical (unpaired) electrons. The minimum Gasteiger partial charge on any atom is -0.299 e. The summed E-state index contributed by atoms with van der Waals surface area (Å²) in [5.41, 5.74) is 6.07. The summed E-state index contributed by atoms with van der Waals surface area (Å²) in [6.45, 7) is 8.62. The van der Waals surface area contributed by atoms with Gasteiger partial charge in [0, 0.05) is 35.0 Å². The molecule has 0 bridgehead atoms. The van der Waals surface area contributed by atoms with Gasteiger partial charge in [0.05, 0.1) is 32.2 Å². The topological polar surface area (TPSA) is 102 Å². The molecular weight excluding hydrogens is 909 g/mol. The van der Waals surface area contributed by atoms with E-state index in [1.54, 1.807) is 60.7 Å². The van der Waals surface area contributed by atoms with Gasteiger partial charge in [0.15, 0.2) is 5.78 Å². The average Bonchev–Trinajstić information content (AvgIpc) is 3.96. The number of piperidine rings is 2. The molecule has 2 aliphatic heterocycles. The first-order chi connectivity index (χ1) is 33.9. The number of aromatic nitrogens is 2. The summed E-state index contributed by atoms with van der Waals surface area (Å²) in [6.07, 6.45) is 6.98. The van der Waals surface area contributed by atoms with Gasteiger partial charge in [0.2, 0.25) is 0 Å². The smallest absolute Gasteiger partial charge is 0.268 e. The number of aryl methyl sites for hydroxylation is 2. The van der Waals surface area contributed by atoms with Gasteiger partial charge in [-0.25, -0.2) is 24.8 Å². The number of carbonyl (C=O) groups excluding carboxylic acids is 1. The van der Waals surface area contributed by atoms with Gasteiger partial charge in [0.25, 0.3) is 20.0 Å². The van der Waals surface area contributed by atoms with E-state index < -0.39 is 25.8 Å². The number of fused-ring (bicyclic) bond motifs is 2. The van der Waals surface area contributed by atoms with Crippen LogP contribution in [0.4, 0.5) is 0 Å². The Morgan fingerprint density at radius 3 is 1.17 bits per heavy atom. The highest BCUT2D eigenvalue weighted by Gasteiger charge is 2.34. The lowest BCUT2D eigenvalue weighted by Gasteiger charge is -2.31. The molecule has 0 spiro atoms. The van der Waals surface area contributed by atoms with Crippen molar-refractivity contribution in [2.45, 2.75) is 62.4 Å². The van der Waals surface area contributed by atoms with Crippen molar-refractivity contribution >= 4 is 58.8 Å². The number of Topliss-reactive ketones (excluding diaryl/α,β-unsaturated/α-hetero) is 1. The molecule has 0 saturated carbocycles. The van der Waals surface area contributed by atoms with Crippen LogP contribution >= 0.6 is 0 Å². The van der Waals surface area contributed by atoms with Crippen LogP contribution in [0.2, 0.25) is 0 Å². The van der Waals surface area contributed by atoms with Crippen LogP contribution in [-0.2, 0) is 37.9 Å². The number of likely N-dealkylation sites (tertiary alicyclic amines) is 2. The molecule has 9 nitrogen and oxygen atoms in total.